The molecule has 18 heavy (non-hydrogen) atoms. The standard InChI is InChI=1S/C13H17N5/c1-17-7-4-11(10-17)12-2-3-13(16-15-12)18-8-5-14-6-9-18/h2-4,7,10,14H,5-6,8-9H2,1H3. The smallest absolute Gasteiger partial charge is 0.151 e. The number of aryl methyl sites for hydroxylation is 1. The minimum absolute atomic E-state index is 0.925. The van der Waals surface area contributed by atoms with Gasteiger partial charge in [0.1, 0.15) is 0 Å². The van der Waals surface area contributed by atoms with E-state index in [2.05, 4.69) is 38.7 Å². The van der Waals surface area contributed by atoms with Crippen molar-refractivity contribution in [2.24, 2.45) is 7.05 Å². The highest BCUT2D eigenvalue weighted by Crippen LogP contribution is 2.18. The molecule has 1 N–H and O–H groups in total. The number of anilines is 1. The molecule has 1 saturated heterocycles. The number of aromatic nitrogens is 3. The van der Waals surface area contributed by atoms with E-state index < -0.39 is 0 Å². The topological polar surface area (TPSA) is 46.0 Å². The van der Waals surface area contributed by atoms with Crippen LogP contribution < -0.4 is 10.2 Å². The highest BCUT2D eigenvalue weighted by molar-refractivity contribution is 5.59. The van der Waals surface area contributed by atoms with Gasteiger partial charge in [0.25, 0.3) is 0 Å². The molecule has 3 rings (SSSR count). The molecule has 5 nitrogen and oxygen atoms in total. The first kappa shape index (κ1) is 11.2. The Balaban J connectivity index is 1.80. The van der Waals surface area contributed by atoms with Crippen molar-refractivity contribution in [1.29, 1.82) is 0 Å². The van der Waals surface area contributed by atoms with Gasteiger partial charge in [-0.15, -0.1) is 10.2 Å². The molecule has 0 saturated carbocycles. The fourth-order valence-corrected chi connectivity index (χ4v) is 2.20. The molecule has 0 radical (unpaired) electrons. The summed E-state index contributed by atoms with van der Waals surface area (Å²) in [7, 11) is 2.01. The van der Waals surface area contributed by atoms with Gasteiger partial charge < -0.3 is 14.8 Å². The average molecular weight is 243 g/mol. The molecule has 0 bridgehead atoms. The van der Waals surface area contributed by atoms with Gasteiger partial charge in [-0.2, -0.15) is 0 Å². The quantitative estimate of drug-likeness (QED) is 0.851. The Hall–Kier alpha value is -1.88. The highest BCUT2D eigenvalue weighted by atomic mass is 15.3. The molecule has 0 atom stereocenters. The fraction of sp³-hybridized carbons (Fsp3) is 0.385. The summed E-state index contributed by atoms with van der Waals surface area (Å²) < 4.78 is 2.02. The summed E-state index contributed by atoms with van der Waals surface area (Å²) >= 11 is 0. The summed E-state index contributed by atoms with van der Waals surface area (Å²) in [5.41, 5.74) is 2.03. The molecule has 0 amide bonds. The van der Waals surface area contributed by atoms with Crippen LogP contribution in [0.1, 0.15) is 0 Å². The first-order chi connectivity index (χ1) is 8.83. The summed E-state index contributed by atoms with van der Waals surface area (Å²) in [6.45, 7) is 4.03. The van der Waals surface area contributed by atoms with E-state index in [1.807, 2.05) is 23.9 Å². The van der Waals surface area contributed by atoms with Gasteiger partial charge in [-0.05, 0) is 18.2 Å². The van der Waals surface area contributed by atoms with Crippen LogP contribution in [0.4, 0.5) is 5.82 Å². The normalized spacial score (nSPS) is 15.9. The molecular weight excluding hydrogens is 226 g/mol. The Labute approximate surface area is 106 Å². The zero-order chi connectivity index (χ0) is 12.4. The highest BCUT2D eigenvalue weighted by Gasteiger charge is 2.12. The zero-order valence-electron chi connectivity index (χ0n) is 10.5. The van der Waals surface area contributed by atoms with E-state index in [-0.39, 0.29) is 0 Å². The number of nitrogens with zero attached hydrogens (tertiary/aromatic N) is 4. The Bertz CT molecular complexity index is 510. The van der Waals surface area contributed by atoms with E-state index in [1.165, 1.54) is 0 Å². The van der Waals surface area contributed by atoms with Crippen molar-refractivity contribution in [3.63, 3.8) is 0 Å². The van der Waals surface area contributed by atoms with Gasteiger partial charge >= 0.3 is 0 Å². The van der Waals surface area contributed by atoms with Crippen molar-refractivity contribution in [1.82, 2.24) is 20.1 Å². The Morgan fingerprint density at radius 2 is 1.94 bits per heavy atom. The Morgan fingerprint density at radius 1 is 1.11 bits per heavy atom. The predicted octanol–water partition coefficient (Wildman–Crippen LogP) is 0.892. The van der Waals surface area contributed by atoms with Crippen LogP contribution in [-0.4, -0.2) is 40.9 Å². The molecule has 2 aromatic rings. The molecule has 1 aliphatic rings. The summed E-state index contributed by atoms with van der Waals surface area (Å²) in [5, 5.41) is 12.0. The largest absolute Gasteiger partial charge is 0.357 e. The van der Waals surface area contributed by atoms with Crippen LogP contribution in [0.25, 0.3) is 11.3 Å². The minimum atomic E-state index is 0.925. The van der Waals surface area contributed by atoms with Crippen molar-refractivity contribution in [3.05, 3.63) is 30.6 Å². The first-order valence-electron chi connectivity index (χ1n) is 6.25. The average Bonchev–Trinajstić information content (AvgIpc) is 2.87. The van der Waals surface area contributed by atoms with E-state index in [0.717, 1.165) is 43.3 Å². The number of nitrogens with one attached hydrogen (secondary N) is 1. The molecule has 0 unspecified atom stereocenters. The molecule has 0 aromatic carbocycles. The van der Waals surface area contributed by atoms with Crippen LogP contribution in [0, 0.1) is 0 Å². The van der Waals surface area contributed by atoms with Crippen molar-refractivity contribution in [3.8, 4) is 11.3 Å². The summed E-state index contributed by atoms with van der Waals surface area (Å²) in [6.07, 6.45) is 4.07. The fourth-order valence-electron chi connectivity index (χ4n) is 2.20. The number of rotatable bonds is 2. The maximum atomic E-state index is 4.33. The van der Waals surface area contributed by atoms with Crippen molar-refractivity contribution < 1.29 is 0 Å². The second kappa shape index (κ2) is 4.78. The molecule has 1 fully saturated rings. The maximum absolute atomic E-state index is 4.33. The first-order valence-corrected chi connectivity index (χ1v) is 6.25. The van der Waals surface area contributed by atoms with Crippen LogP contribution in [0.15, 0.2) is 30.6 Å². The third kappa shape index (κ3) is 2.22. The molecule has 2 aromatic heterocycles. The van der Waals surface area contributed by atoms with Crippen LogP contribution in [-0.2, 0) is 7.05 Å². The molecule has 94 valence electrons. The van der Waals surface area contributed by atoms with Gasteiger partial charge in [-0.3, -0.25) is 0 Å². The monoisotopic (exact) mass is 243 g/mol. The lowest BCUT2D eigenvalue weighted by atomic mass is 10.2. The van der Waals surface area contributed by atoms with E-state index in [4.69, 9.17) is 0 Å². The van der Waals surface area contributed by atoms with E-state index >= 15 is 0 Å². The summed E-state index contributed by atoms with van der Waals surface area (Å²) in [6, 6.07) is 6.15. The van der Waals surface area contributed by atoms with Crippen LogP contribution in [0.2, 0.25) is 0 Å². The molecule has 3 heterocycles. The van der Waals surface area contributed by atoms with Crippen LogP contribution in [0.5, 0.6) is 0 Å². The maximum Gasteiger partial charge on any atom is 0.151 e. The molecule has 0 aliphatic carbocycles. The molecule has 5 heteroatoms. The van der Waals surface area contributed by atoms with Gasteiger partial charge in [-0.1, -0.05) is 0 Å². The van der Waals surface area contributed by atoms with E-state index in [1.54, 1.807) is 0 Å². The lowest BCUT2D eigenvalue weighted by molar-refractivity contribution is 0.583. The van der Waals surface area contributed by atoms with E-state index in [0.29, 0.717) is 0 Å². The van der Waals surface area contributed by atoms with Gasteiger partial charge in [0, 0.05) is 51.2 Å². The van der Waals surface area contributed by atoms with Gasteiger partial charge in [0.2, 0.25) is 0 Å². The van der Waals surface area contributed by atoms with Gasteiger partial charge in [-0.25, -0.2) is 0 Å². The molecule has 1 aliphatic heterocycles. The number of hydrogen-bond donors (Lipinski definition) is 1. The van der Waals surface area contributed by atoms with Crippen molar-refractivity contribution in [2.45, 2.75) is 0 Å². The second-order valence-corrected chi connectivity index (χ2v) is 4.58. The number of piperazine rings is 1. The van der Waals surface area contributed by atoms with Crippen LogP contribution in [0.3, 0.4) is 0 Å². The van der Waals surface area contributed by atoms with Gasteiger partial charge in [0.15, 0.2) is 5.82 Å². The van der Waals surface area contributed by atoms with Crippen LogP contribution >= 0.6 is 0 Å². The third-order valence-corrected chi connectivity index (χ3v) is 3.22. The Kier molecular flexibility index (Phi) is 2.98. The summed E-state index contributed by atoms with van der Waals surface area (Å²) in [4.78, 5) is 2.26. The molecular formula is C13H17N5. The molecule has 0 spiro atoms. The lowest BCUT2D eigenvalue weighted by Crippen LogP contribution is -2.43. The third-order valence-electron chi connectivity index (χ3n) is 3.22. The minimum Gasteiger partial charge on any atom is -0.357 e. The van der Waals surface area contributed by atoms with E-state index in [9.17, 15) is 0 Å². The lowest BCUT2D eigenvalue weighted by Gasteiger charge is -2.27. The van der Waals surface area contributed by atoms with Crippen molar-refractivity contribution >= 4 is 5.82 Å². The van der Waals surface area contributed by atoms with Gasteiger partial charge in [0.05, 0.1) is 5.69 Å². The van der Waals surface area contributed by atoms with Crippen molar-refractivity contribution in [2.75, 3.05) is 31.1 Å². The second-order valence-electron chi connectivity index (χ2n) is 4.58. The predicted molar refractivity (Wildman–Crippen MR) is 71.5 cm³/mol. The summed E-state index contributed by atoms with van der Waals surface area (Å²) in [5.74, 6) is 0.969. The SMILES string of the molecule is Cn1ccc(-c2ccc(N3CCNCC3)nn2)c1. The number of hydrogen-bond acceptors (Lipinski definition) is 4. The zero-order valence-corrected chi connectivity index (χ0v) is 10.5. The Morgan fingerprint density at radius 3 is 2.56 bits per heavy atom.